The van der Waals surface area contributed by atoms with Gasteiger partial charge in [0.15, 0.2) is 6.10 Å². The first-order chi connectivity index (χ1) is 11.4. The quantitative estimate of drug-likeness (QED) is 0.790. The number of rotatable bonds is 5. The number of aryl methyl sites for hydroxylation is 1. The maximum Gasteiger partial charge on any atom is 0.343 e. The van der Waals surface area contributed by atoms with Gasteiger partial charge >= 0.3 is 5.97 Å². The van der Waals surface area contributed by atoms with Crippen LogP contribution in [0.2, 0.25) is 0 Å². The zero-order valence-corrected chi connectivity index (χ0v) is 15.0. The molecule has 0 radical (unpaired) electrons. The fraction of sp³-hybridized carbons (Fsp3) is 0.625. The smallest absolute Gasteiger partial charge is 0.343 e. The van der Waals surface area contributed by atoms with Crippen molar-refractivity contribution in [3.63, 3.8) is 0 Å². The van der Waals surface area contributed by atoms with Crippen LogP contribution >= 0.6 is 11.5 Å². The fourth-order valence-electron chi connectivity index (χ4n) is 2.81. The summed E-state index contributed by atoms with van der Waals surface area (Å²) in [5, 5.41) is 15.7. The number of ether oxygens (including phenoxy) is 1. The van der Waals surface area contributed by atoms with E-state index in [-0.39, 0.29) is 0 Å². The Morgan fingerprint density at radius 1 is 1.38 bits per heavy atom. The molecule has 24 heavy (non-hydrogen) atoms. The van der Waals surface area contributed by atoms with Crippen molar-refractivity contribution in [1.29, 1.82) is 5.26 Å². The van der Waals surface area contributed by atoms with Gasteiger partial charge in [-0.1, -0.05) is 19.3 Å². The summed E-state index contributed by atoms with van der Waals surface area (Å²) in [7, 11) is 1.69. The van der Waals surface area contributed by atoms with E-state index < -0.39 is 23.5 Å². The average molecular weight is 350 g/mol. The lowest BCUT2D eigenvalue weighted by Gasteiger charge is -2.32. The van der Waals surface area contributed by atoms with E-state index in [0.29, 0.717) is 29.1 Å². The normalized spacial score (nSPS) is 17.4. The van der Waals surface area contributed by atoms with Gasteiger partial charge in [-0.05, 0) is 38.2 Å². The van der Waals surface area contributed by atoms with E-state index in [2.05, 4.69) is 21.1 Å². The molecule has 1 aliphatic rings. The van der Waals surface area contributed by atoms with Crippen LogP contribution in [0.5, 0.6) is 0 Å². The van der Waals surface area contributed by atoms with Crippen LogP contribution in [0.4, 0.5) is 5.00 Å². The molecule has 7 nitrogen and oxygen atoms in total. The number of anilines is 1. The van der Waals surface area contributed by atoms with E-state index in [1.165, 1.54) is 18.5 Å². The summed E-state index contributed by atoms with van der Waals surface area (Å²) in [5.41, 5.74) is 0.0592. The Hall–Kier alpha value is -2.14. The third-order valence-corrected chi connectivity index (χ3v) is 5.19. The van der Waals surface area contributed by atoms with E-state index in [1.807, 2.05) is 0 Å². The molecule has 0 aromatic carbocycles. The van der Waals surface area contributed by atoms with Gasteiger partial charge in [0, 0.05) is 7.05 Å². The van der Waals surface area contributed by atoms with Gasteiger partial charge in [-0.3, -0.25) is 4.79 Å². The van der Waals surface area contributed by atoms with Crippen molar-refractivity contribution < 1.29 is 14.3 Å². The number of nitrogens with zero attached hydrogens (tertiary/aromatic N) is 2. The van der Waals surface area contributed by atoms with Gasteiger partial charge < -0.3 is 15.4 Å². The minimum absolute atomic E-state index is 0.342. The minimum atomic E-state index is -0.978. The molecule has 1 unspecified atom stereocenters. The molecule has 1 aliphatic carbocycles. The monoisotopic (exact) mass is 350 g/mol. The molecule has 130 valence electrons. The van der Waals surface area contributed by atoms with Crippen LogP contribution in [0.1, 0.15) is 55.1 Å². The molecule has 0 aliphatic heterocycles. The topological polar surface area (TPSA) is 104 Å². The van der Waals surface area contributed by atoms with Crippen molar-refractivity contribution in [3.05, 3.63) is 11.3 Å². The molecule has 0 saturated heterocycles. The Bertz CT molecular complexity index is 659. The number of esters is 1. The second-order valence-electron chi connectivity index (χ2n) is 6.01. The molecule has 1 heterocycles. The zero-order chi connectivity index (χ0) is 17.7. The van der Waals surface area contributed by atoms with E-state index in [0.717, 1.165) is 19.3 Å². The van der Waals surface area contributed by atoms with Gasteiger partial charge in [0.1, 0.15) is 16.1 Å². The molecule has 1 atom stereocenters. The molecular formula is C16H22N4O3S. The second kappa shape index (κ2) is 7.62. The fourth-order valence-corrected chi connectivity index (χ4v) is 3.54. The van der Waals surface area contributed by atoms with Crippen LogP contribution in [0.15, 0.2) is 0 Å². The number of aromatic nitrogens is 1. The highest BCUT2D eigenvalue weighted by Gasteiger charge is 2.35. The number of carbonyl (C=O) groups excluding carboxylic acids is 2. The van der Waals surface area contributed by atoms with Crippen molar-refractivity contribution >= 4 is 28.4 Å². The maximum absolute atomic E-state index is 12.4. The highest BCUT2D eigenvalue weighted by molar-refractivity contribution is 7.10. The number of nitrogens with one attached hydrogen (secondary N) is 2. The number of nitriles is 1. The van der Waals surface area contributed by atoms with Gasteiger partial charge in [0.25, 0.3) is 5.91 Å². The van der Waals surface area contributed by atoms with Crippen molar-refractivity contribution in [2.75, 3.05) is 12.4 Å². The van der Waals surface area contributed by atoms with Crippen molar-refractivity contribution in [3.8, 4) is 6.07 Å². The van der Waals surface area contributed by atoms with Crippen LogP contribution in [-0.2, 0) is 9.53 Å². The zero-order valence-electron chi connectivity index (χ0n) is 14.1. The number of carbonyl (C=O) groups is 2. The summed E-state index contributed by atoms with van der Waals surface area (Å²) in [6, 6.07) is 2.22. The Morgan fingerprint density at radius 3 is 2.62 bits per heavy atom. The summed E-state index contributed by atoms with van der Waals surface area (Å²) in [4.78, 5) is 24.7. The van der Waals surface area contributed by atoms with Crippen LogP contribution in [0.25, 0.3) is 0 Å². The second-order valence-corrected chi connectivity index (χ2v) is 6.79. The predicted molar refractivity (Wildman–Crippen MR) is 90.8 cm³/mol. The highest BCUT2D eigenvalue weighted by atomic mass is 32.1. The minimum Gasteiger partial charge on any atom is -0.449 e. The van der Waals surface area contributed by atoms with Crippen LogP contribution in [-0.4, -0.2) is 34.9 Å². The molecule has 2 N–H and O–H groups in total. The standard InChI is InChI=1S/C16H22N4O3S/c1-10-12(14(18-3)24-20-10)15(22)23-11(2)13(21)19-16(9-17)7-5-4-6-8-16/h11,18H,4-8H2,1-3H3,(H,19,21). The van der Waals surface area contributed by atoms with Crippen LogP contribution in [0, 0.1) is 18.3 Å². The molecule has 1 fully saturated rings. The highest BCUT2D eigenvalue weighted by Crippen LogP contribution is 2.28. The van der Waals surface area contributed by atoms with Gasteiger partial charge in [0.2, 0.25) is 0 Å². The molecular weight excluding hydrogens is 328 g/mol. The number of amides is 1. The van der Waals surface area contributed by atoms with Crippen LogP contribution < -0.4 is 10.6 Å². The van der Waals surface area contributed by atoms with Crippen molar-refractivity contribution in [1.82, 2.24) is 9.69 Å². The van der Waals surface area contributed by atoms with Crippen molar-refractivity contribution in [2.45, 2.75) is 57.6 Å². The maximum atomic E-state index is 12.4. The van der Waals surface area contributed by atoms with E-state index in [4.69, 9.17) is 4.74 Å². The molecule has 1 aromatic heterocycles. The summed E-state index contributed by atoms with van der Waals surface area (Å²) in [5.74, 6) is -1.04. The SMILES string of the molecule is CNc1snc(C)c1C(=O)OC(C)C(=O)NC1(C#N)CCCCC1. The Labute approximate surface area is 145 Å². The largest absolute Gasteiger partial charge is 0.449 e. The predicted octanol–water partition coefficient (Wildman–Crippen LogP) is 2.38. The summed E-state index contributed by atoms with van der Waals surface area (Å²) < 4.78 is 9.39. The lowest BCUT2D eigenvalue weighted by Crippen LogP contribution is -2.52. The third-order valence-electron chi connectivity index (χ3n) is 4.23. The first kappa shape index (κ1) is 18.2. The Morgan fingerprint density at radius 2 is 2.04 bits per heavy atom. The van der Waals surface area contributed by atoms with E-state index in [9.17, 15) is 14.9 Å². The molecule has 1 saturated carbocycles. The number of hydrogen-bond donors (Lipinski definition) is 2. The molecule has 8 heteroatoms. The lowest BCUT2D eigenvalue weighted by atomic mass is 9.83. The summed E-state index contributed by atoms with van der Waals surface area (Å²) >= 11 is 1.17. The summed E-state index contributed by atoms with van der Waals surface area (Å²) in [6.07, 6.45) is 3.18. The number of hydrogen-bond acceptors (Lipinski definition) is 7. The van der Waals surface area contributed by atoms with E-state index >= 15 is 0 Å². The van der Waals surface area contributed by atoms with Gasteiger partial charge in [-0.25, -0.2) is 4.79 Å². The van der Waals surface area contributed by atoms with Crippen LogP contribution in [0.3, 0.4) is 0 Å². The third kappa shape index (κ3) is 3.85. The lowest BCUT2D eigenvalue weighted by molar-refractivity contribution is -0.130. The Kier molecular flexibility index (Phi) is 5.78. The van der Waals surface area contributed by atoms with Gasteiger partial charge in [0.05, 0.1) is 11.8 Å². The molecule has 1 aromatic rings. The average Bonchev–Trinajstić information content (AvgIpc) is 2.96. The first-order valence-electron chi connectivity index (χ1n) is 8.01. The first-order valence-corrected chi connectivity index (χ1v) is 8.78. The Balaban J connectivity index is 2.02. The molecule has 0 spiro atoms. The molecule has 0 bridgehead atoms. The summed E-state index contributed by atoms with van der Waals surface area (Å²) in [6.45, 7) is 3.22. The van der Waals surface area contributed by atoms with Gasteiger partial charge in [-0.2, -0.15) is 9.64 Å². The molecule has 1 amide bonds. The van der Waals surface area contributed by atoms with Gasteiger partial charge in [-0.15, -0.1) is 0 Å². The van der Waals surface area contributed by atoms with E-state index in [1.54, 1.807) is 14.0 Å². The molecule has 2 rings (SSSR count). The van der Waals surface area contributed by atoms with Crippen molar-refractivity contribution in [2.24, 2.45) is 0 Å².